The monoisotopic (exact) mass is 298 g/mol. The van der Waals surface area contributed by atoms with Gasteiger partial charge in [0, 0.05) is 0 Å². The lowest BCUT2D eigenvalue weighted by atomic mass is 9.97. The summed E-state index contributed by atoms with van der Waals surface area (Å²) in [6.45, 7) is 4.82. The van der Waals surface area contributed by atoms with Gasteiger partial charge in [-0.3, -0.25) is 0 Å². The lowest BCUT2D eigenvalue weighted by Gasteiger charge is -2.13. The fourth-order valence-corrected chi connectivity index (χ4v) is 2.26. The van der Waals surface area contributed by atoms with E-state index in [1.165, 1.54) is 12.7 Å². The van der Waals surface area contributed by atoms with E-state index in [0.717, 1.165) is 12.0 Å². The molecular formula is C19H22O3. The minimum absolute atomic E-state index is 0.385. The van der Waals surface area contributed by atoms with Gasteiger partial charge in [-0.15, -0.1) is 0 Å². The quantitative estimate of drug-likeness (QED) is 0.733. The number of benzene rings is 2. The Morgan fingerprint density at radius 1 is 1.14 bits per heavy atom. The molecule has 2 rings (SSSR count). The molecule has 116 valence electrons. The van der Waals surface area contributed by atoms with Crippen LogP contribution in [-0.2, 0) is 11.3 Å². The summed E-state index contributed by atoms with van der Waals surface area (Å²) in [5, 5.41) is 0. The summed E-state index contributed by atoms with van der Waals surface area (Å²) in [4.78, 5) is 11.7. The maximum Gasteiger partial charge on any atom is 0.341 e. The number of hydrogen-bond acceptors (Lipinski definition) is 3. The normalized spacial score (nSPS) is 11.8. The first kappa shape index (κ1) is 16.1. The molecule has 3 nitrogen and oxygen atoms in total. The molecule has 0 saturated carbocycles. The summed E-state index contributed by atoms with van der Waals surface area (Å²) < 4.78 is 10.6. The second-order valence-corrected chi connectivity index (χ2v) is 5.33. The molecule has 0 aliphatic rings. The predicted molar refractivity (Wildman–Crippen MR) is 87.3 cm³/mol. The number of para-hydroxylation sites is 1. The van der Waals surface area contributed by atoms with Gasteiger partial charge in [-0.1, -0.05) is 50.2 Å². The molecule has 0 radical (unpaired) electrons. The zero-order chi connectivity index (χ0) is 15.9. The molecular weight excluding hydrogens is 276 g/mol. The van der Waals surface area contributed by atoms with Crippen molar-refractivity contribution in [1.82, 2.24) is 0 Å². The molecule has 0 aliphatic carbocycles. The van der Waals surface area contributed by atoms with Crippen LogP contribution >= 0.6 is 0 Å². The van der Waals surface area contributed by atoms with Gasteiger partial charge >= 0.3 is 5.97 Å². The maximum atomic E-state index is 11.7. The molecule has 0 fully saturated rings. The third-order valence-corrected chi connectivity index (χ3v) is 3.82. The lowest BCUT2D eigenvalue weighted by molar-refractivity contribution is 0.0595. The van der Waals surface area contributed by atoms with Crippen LogP contribution in [0.5, 0.6) is 5.75 Å². The zero-order valence-corrected chi connectivity index (χ0v) is 13.3. The van der Waals surface area contributed by atoms with E-state index < -0.39 is 0 Å². The van der Waals surface area contributed by atoms with Crippen molar-refractivity contribution >= 4 is 5.97 Å². The fraction of sp³-hybridized carbons (Fsp3) is 0.316. The molecule has 2 aromatic rings. The third-order valence-electron chi connectivity index (χ3n) is 3.82. The summed E-state index contributed by atoms with van der Waals surface area (Å²) >= 11 is 0. The Bertz CT molecular complexity index is 634. The van der Waals surface area contributed by atoms with E-state index in [1.54, 1.807) is 18.2 Å². The van der Waals surface area contributed by atoms with Crippen LogP contribution in [0.1, 0.15) is 47.7 Å². The average Bonchev–Trinajstić information content (AvgIpc) is 2.59. The Hall–Kier alpha value is -2.29. The standard InChI is InChI=1S/C19H22O3/c1-4-14(2)16-9-7-8-15(12-16)13-22-18-11-6-5-10-17(18)19(20)21-3/h5-12,14H,4,13H2,1-3H3. The van der Waals surface area contributed by atoms with Gasteiger partial charge < -0.3 is 9.47 Å². The second kappa shape index (κ2) is 7.64. The van der Waals surface area contributed by atoms with Crippen molar-refractivity contribution in [3.05, 3.63) is 65.2 Å². The molecule has 1 atom stereocenters. The molecule has 22 heavy (non-hydrogen) atoms. The van der Waals surface area contributed by atoms with Gasteiger partial charge in [0.15, 0.2) is 0 Å². The van der Waals surface area contributed by atoms with E-state index in [-0.39, 0.29) is 5.97 Å². The molecule has 1 unspecified atom stereocenters. The number of carbonyl (C=O) groups is 1. The molecule has 0 N–H and O–H groups in total. The predicted octanol–water partition coefficient (Wildman–Crippen LogP) is 4.57. The Balaban J connectivity index is 2.12. The Morgan fingerprint density at radius 3 is 2.64 bits per heavy atom. The topological polar surface area (TPSA) is 35.5 Å². The van der Waals surface area contributed by atoms with Gasteiger partial charge in [-0.25, -0.2) is 4.79 Å². The van der Waals surface area contributed by atoms with Crippen LogP contribution in [0.2, 0.25) is 0 Å². The molecule has 0 aliphatic heterocycles. The smallest absolute Gasteiger partial charge is 0.341 e. The minimum Gasteiger partial charge on any atom is -0.488 e. The van der Waals surface area contributed by atoms with Crippen LogP contribution in [0.25, 0.3) is 0 Å². The number of methoxy groups -OCH3 is 1. The van der Waals surface area contributed by atoms with Gasteiger partial charge in [0.05, 0.1) is 7.11 Å². The van der Waals surface area contributed by atoms with Crippen LogP contribution < -0.4 is 4.74 Å². The summed E-state index contributed by atoms with van der Waals surface area (Å²) in [5.74, 6) is 0.689. The Kier molecular flexibility index (Phi) is 5.59. The first-order valence-corrected chi connectivity index (χ1v) is 7.54. The highest BCUT2D eigenvalue weighted by Gasteiger charge is 2.12. The highest BCUT2D eigenvalue weighted by atomic mass is 16.5. The molecule has 2 aromatic carbocycles. The summed E-state index contributed by atoms with van der Waals surface area (Å²) in [5.41, 5.74) is 2.85. The van der Waals surface area contributed by atoms with E-state index >= 15 is 0 Å². The molecule has 0 aromatic heterocycles. The van der Waals surface area contributed by atoms with E-state index in [2.05, 4.69) is 26.0 Å². The fourth-order valence-electron chi connectivity index (χ4n) is 2.26. The Morgan fingerprint density at radius 2 is 1.91 bits per heavy atom. The van der Waals surface area contributed by atoms with Crippen molar-refractivity contribution in [2.24, 2.45) is 0 Å². The van der Waals surface area contributed by atoms with Gasteiger partial charge in [-0.2, -0.15) is 0 Å². The van der Waals surface area contributed by atoms with Crippen LogP contribution in [0.15, 0.2) is 48.5 Å². The zero-order valence-electron chi connectivity index (χ0n) is 13.3. The number of carbonyl (C=O) groups excluding carboxylic acids is 1. The Labute approximate surface area is 131 Å². The molecule has 0 heterocycles. The highest BCUT2D eigenvalue weighted by Crippen LogP contribution is 2.22. The number of ether oxygens (including phenoxy) is 2. The summed E-state index contributed by atoms with van der Waals surface area (Å²) in [6.07, 6.45) is 1.11. The maximum absolute atomic E-state index is 11.7. The molecule has 3 heteroatoms. The molecule has 0 bridgehead atoms. The number of hydrogen-bond donors (Lipinski definition) is 0. The largest absolute Gasteiger partial charge is 0.488 e. The second-order valence-electron chi connectivity index (χ2n) is 5.33. The van der Waals surface area contributed by atoms with Crippen molar-refractivity contribution in [3.63, 3.8) is 0 Å². The van der Waals surface area contributed by atoms with Gasteiger partial charge in [0.1, 0.15) is 17.9 Å². The van der Waals surface area contributed by atoms with Crippen LogP contribution in [0.4, 0.5) is 0 Å². The first-order valence-electron chi connectivity index (χ1n) is 7.54. The van der Waals surface area contributed by atoms with Gasteiger partial charge in [0.25, 0.3) is 0 Å². The summed E-state index contributed by atoms with van der Waals surface area (Å²) in [6, 6.07) is 15.5. The van der Waals surface area contributed by atoms with E-state index in [4.69, 9.17) is 9.47 Å². The minimum atomic E-state index is -0.385. The van der Waals surface area contributed by atoms with Crippen molar-refractivity contribution in [1.29, 1.82) is 0 Å². The number of rotatable bonds is 6. The van der Waals surface area contributed by atoms with Crippen LogP contribution in [-0.4, -0.2) is 13.1 Å². The van der Waals surface area contributed by atoms with E-state index in [1.807, 2.05) is 18.2 Å². The van der Waals surface area contributed by atoms with E-state index in [9.17, 15) is 4.79 Å². The van der Waals surface area contributed by atoms with Gasteiger partial charge in [-0.05, 0) is 35.6 Å². The van der Waals surface area contributed by atoms with Crippen LogP contribution in [0, 0.1) is 0 Å². The summed E-state index contributed by atoms with van der Waals surface area (Å²) in [7, 11) is 1.37. The van der Waals surface area contributed by atoms with Crippen molar-refractivity contribution in [2.75, 3.05) is 7.11 Å². The molecule has 0 saturated heterocycles. The van der Waals surface area contributed by atoms with Crippen molar-refractivity contribution < 1.29 is 14.3 Å². The van der Waals surface area contributed by atoms with Gasteiger partial charge in [0.2, 0.25) is 0 Å². The SMILES string of the molecule is CCC(C)c1cccc(COc2ccccc2C(=O)OC)c1. The molecule has 0 spiro atoms. The lowest BCUT2D eigenvalue weighted by Crippen LogP contribution is -2.06. The first-order chi connectivity index (χ1) is 10.7. The van der Waals surface area contributed by atoms with E-state index in [0.29, 0.717) is 23.8 Å². The van der Waals surface area contributed by atoms with Crippen molar-refractivity contribution in [3.8, 4) is 5.75 Å². The number of esters is 1. The van der Waals surface area contributed by atoms with Crippen LogP contribution in [0.3, 0.4) is 0 Å². The average molecular weight is 298 g/mol. The van der Waals surface area contributed by atoms with Crippen molar-refractivity contribution in [2.45, 2.75) is 32.8 Å². The third kappa shape index (κ3) is 3.88. The molecule has 0 amide bonds. The highest BCUT2D eigenvalue weighted by molar-refractivity contribution is 5.92.